The number of hydrogen-bond acceptors (Lipinski definition) is 7. The zero-order valence-corrected chi connectivity index (χ0v) is 12.6. The van der Waals surface area contributed by atoms with Gasteiger partial charge in [-0.05, 0) is 42.6 Å². The maximum Gasteiger partial charge on any atom is 0.230 e. The number of halogens is 1. The van der Waals surface area contributed by atoms with Gasteiger partial charge in [0.05, 0.1) is 0 Å². The van der Waals surface area contributed by atoms with Gasteiger partial charge < -0.3 is 9.47 Å². The Morgan fingerprint density at radius 1 is 1.15 bits per heavy atom. The van der Waals surface area contributed by atoms with Crippen LogP contribution >= 0.6 is 23.4 Å². The minimum atomic E-state index is 0.213. The lowest BCUT2D eigenvalue weighted by atomic mass is 10.1. The van der Waals surface area contributed by atoms with Crippen molar-refractivity contribution in [2.45, 2.75) is 29.6 Å². The van der Waals surface area contributed by atoms with Crippen LogP contribution < -0.4 is 4.90 Å². The molecule has 9 heteroatoms. The maximum atomic E-state index is 6.00. The summed E-state index contributed by atoms with van der Waals surface area (Å²) in [6, 6.07) is 0. The molecule has 20 heavy (non-hydrogen) atoms. The Labute approximate surface area is 125 Å². The monoisotopic (exact) mass is 311 g/mol. The van der Waals surface area contributed by atoms with E-state index < -0.39 is 0 Å². The first-order valence-corrected chi connectivity index (χ1v) is 7.60. The van der Waals surface area contributed by atoms with Crippen LogP contribution in [0.1, 0.15) is 19.3 Å². The van der Waals surface area contributed by atoms with Crippen LogP contribution in [0.3, 0.4) is 0 Å². The molecule has 0 aliphatic carbocycles. The molecule has 0 saturated carbocycles. The van der Waals surface area contributed by atoms with Crippen molar-refractivity contribution in [2.75, 3.05) is 18.0 Å². The summed E-state index contributed by atoms with van der Waals surface area (Å²) in [6.07, 6.45) is 5.22. The molecule has 0 atom stereocenters. The average Bonchev–Trinajstić information content (AvgIpc) is 2.85. The van der Waals surface area contributed by atoms with Crippen LogP contribution in [0, 0.1) is 0 Å². The maximum absolute atomic E-state index is 6.00. The van der Waals surface area contributed by atoms with Gasteiger partial charge in [0.1, 0.15) is 6.33 Å². The fraction of sp³-hybridized carbons (Fsp3) is 0.545. The van der Waals surface area contributed by atoms with Crippen LogP contribution in [-0.4, -0.2) is 42.8 Å². The van der Waals surface area contributed by atoms with E-state index in [1.54, 1.807) is 6.33 Å². The third-order valence-electron chi connectivity index (χ3n) is 3.07. The first-order valence-electron chi connectivity index (χ1n) is 6.41. The molecule has 0 N–H and O–H groups in total. The molecule has 0 radical (unpaired) electrons. The predicted molar refractivity (Wildman–Crippen MR) is 76.0 cm³/mol. The van der Waals surface area contributed by atoms with Gasteiger partial charge in [-0.25, -0.2) is 0 Å². The SMILES string of the molecule is Cn1cnnc1Sc1nc(Cl)nc(N2CCCCC2)n1. The van der Waals surface area contributed by atoms with Crippen molar-refractivity contribution in [1.82, 2.24) is 29.7 Å². The molecule has 0 spiro atoms. The molecule has 0 bridgehead atoms. The van der Waals surface area contributed by atoms with Crippen LogP contribution in [0.2, 0.25) is 5.28 Å². The first-order chi connectivity index (χ1) is 9.72. The lowest BCUT2D eigenvalue weighted by Gasteiger charge is -2.26. The molecule has 7 nitrogen and oxygen atoms in total. The zero-order valence-electron chi connectivity index (χ0n) is 11.0. The van der Waals surface area contributed by atoms with Gasteiger partial charge in [-0.2, -0.15) is 15.0 Å². The molecular weight excluding hydrogens is 298 g/mol. The Morgan fingerprint density at radius 2 is 1.95 bits per heavy atom. The number of piperidine rings is 1. The largest absolute Gasteiger partial charge is 0.341 e. The van der Waals surface area contributed by atoms with Crippen LogP contribution in [0.25, 0.3) is 0 Å². The Balaban J connectivity index is 1.84. The molecule has 0 amide bonds. The normalized spacial score (nSPS) is 15.6. The highest BCUT2D eigenvalue weighted by molar-refractivity contribution is 7.99. The Morgan fingerprint density at radius 3 is 2.65 bits per heavy atom. The molecule has 0 unspecified atom stereocenters. The number of nitrogens with zero attached hydrogens (tertiary/aromatic N) is 7. The number of aromatic nitrogens is 6. The van der Waals surface area contributed by atoms with Gasteiger partial charge in [0.2, 0.25) is 16.4 Å². The molecule has 2 aromatic rings. The summed E-state index contributed by atoms with van der Waals surface area (Å²) in [5, 5.41) is 9.31. The van der Waals surface area contributed by atoms with Crippen molar-refractivity contribution in [3.8, 4) is 0 Å². The van der Waals surface area contributed by atoms with Crippen molar-refractivity contribution < 1.29 is 0 Å². The second-order valence-electron chi connectivity index (χ2n) is 4.56. The molecule has 3 heterocycles. The van der Waals surface area contributed by atoms with E-state index in [4.69, 9.17) is 11.6 Å². The van der Waals surface area contributed by atoms with Gasteiger partial charge in [0.25, 0.3) is 0 Å². The van der Waals surface area contributed by atoms with E-state index >= 15 is 0 Å². The third-order valence-corrected chi connectivity index (χ3v) is 4.15. The number of hydrogen-bond donors (Lipinski definition) is 0. The predicted octanol–water partition coefficient (Wildman–Crippen LogP) is 1.79. The number of anilines is 1. The van der Waals surface area contributed by atoms with E-state index in [2.05, 4.69) is 30.0 Å². The third kappa shape index (κ3) is 3.01. The summed E-state index contributed by atoms with van der Waals surface area (Å²) >= 11 is 7.33. The number of rotatable bonds is 3. The Kier molecular flexibility index (Phi) is 4.02. The Bertz CT molecular complexity index is 596. The average molecular weight is 312 g/mol. The second-order valence-corrected chi connectivity index (χ2v) is 5.83. The van der Waals surface area contributed by atoms with Crippen molar-refractivity contribution in [3.63, 3.8) is 0 Å². The highest BCUT2D eigenvalue weighted by Gasteiger charge is 2.17. The van der Waals surface area contributed by atoms with Gasteiger partial charge in [-0.3, -0.25) is 0 Å². The van der Waals surface area contributed by atoms with Gasteiger partial charge in [0.15, 0.2) is 5.16 Å². The highest BCUT2D eigenvalue weighted by atomic mass is 35.5. The van der Waals surface area contributed by atoms with Crippen molar-refractivity contribution in [2.24, 2.45) is 7.05 Å². The van der Waals surface area contributed by atoms with Crippen LogP contribution in [0.15, 0.2) is 16.6 Å². The first kappa shape index (κ1) is 13.6. The molecule has 1 aliphatic rings. The molecule has 1 aliphatic heterocycles. The highest BCUT2D eigenvalue weighted by Crippen LogP contribution is 2.25. The molecule has 0 aromatic carbocycles. The van der Waals surface area contributed by atoms with Crippen molar-refractivity contribution in [3.05, 3.63) is 11.6 Å². The van der Waals surface area contributed by atoms with E-state index in [9.17, 15) is 0 Å². The molecule has 106 valence electrons. The van der Waals surface area contributed by atoms with Crippen LogP contribution in [-0.2, 0) is 7.05 Å². The lowest BCUT2D eigenvalue weighted by Crippen LogP contribution is -2.31. The fourth-order valence-electron chi connectivity index (χ4n) is 2.05. The van der Waals surface area contributed by atoms with E-state index in [0.29, 0.717) is 11.1 Å². The van der Waals surface area contributed by atoms with Crippen molar-refractivity contribution in [1.29, 1.82) is 0 Å². The minimum absolute atomic E-state index is 0.213. The van der Waals surface area contributed by atoms with Gasteiger partial charge in [-0.15, -0.1) is 10.2 Å². The summed E-state index contributed by atoms with van der Waals surface area (Å²) in [6.45, 7) is 1.93. The smallest absolute Gasteiger partial charge is 0.230 e. The van der Waals surface area contributed by atoms with Gasteiger partial charge >= 0.3 is 0 Å². The van der Waals surface area contributed by atoms with E-state index in [-0.39, 0.29) is 5.28 Å². The topological polar surface area (TPSA) is 72.6 Å². The zero-order chi connectivity index (χ0) is 13.9. The molecular formula is C11H14ClN7S. The molecule has 2 aromatic heterocycles. The van der Waals surface area contributed by atoms with E-state index in [1.807, 2.05) is 11.6 Å². The number of aryl methyl sites for hydroxylation is 1. The summed E-state index contributed by atoms with van der Waals surface area (Å²) in [5.74, 6) is 0.648. The quantitative estimate of drug-likeness (QED) is 0.855. The second kappa shape index (κ2) is 5.92. The van der Waals surface area contributed by atoms with Gasteiger partial charge in [-0.1, -0.05) is 0 Å². The lowest BCUT2D eigenvalue weighted by molar-refractivity contribution is 0.564. The van der Waals surface area contributed by atoms with E-state index in [1.165, 1.54) is 18.2 Å². The van der Waals surface area contributed by atoms with E-state index in [0.717, 1.165) is 31.1 Å². The molecule has 1 fully saturated rings. The van der Waals surface area contributed by atoms with Crippen molar-refractivity contribution >= 4 is 29.3 Å². The summed E-state index contributed by atoms with van der Waals surface area (Å²) in [7, 11) is 1.87. The van der Waals surface area contributed by atoms with Crippen LogP contribution in [0.5, 0.6) is 0 Å². The summed E-state index contributed by atoms with van der Waals surface area (Å²) in [4.78, 5) is 15.0. The standard InChI is InChI=1S/C11H14ClN7S/c1-18-7-13-17-11(18)20-10-15-8(12)14-9(16-10)19-5-3-2-4-6-19/h7H,2-6H2,1H3. The van der Waals surface area contributed by atoms with Gasteiger partial charge in [0, 0.05) is 20.1 Å². The molecule has 3 rings (SSSR count). The minimum Gasteiger partial charge on any atom is -0.341 e. The summed E-state index contributed by atoms with van der Waals surface area (Å²) in [5.41, 5.74) is 0. The fourth-order valence-corrected chi connectivity index (χ4v) is 2.96. The Hall–Kier alpha value is -1.41. The van der Waals surface area contributed by atoms with Crippen LogP contribution in [0.4, 0.5) is 5.95 Å². The summed E-state index contributed by atoms with van der Waals surface area (Å²) < 4.78 is 1.81. The molecule has 1 saturated heterocycles.